The lowest BCUT2D eigenvalue weighted by atomic mass is 9.96. The normalized spacial score (nSPS) is 18.8. The number of rotatable bonds is 4. The molecule has 0 spiro atoms. The molecule has 0 atom stereocenters. The average Bonchev–Trinajstić information content (AvgIpc) is 2.63. The van der Waals surface area contributed by atoms with Crippen LogP contribution in [-0.2, 0) is 0 Å². The SMILES string of the molecule is CNCC1CCN(C(=O)c2ccc(N3CCC(C)CC3)nc2)CC1.Cl.Cl. The Balaban J connectivity index is 0.00000169. The third-order valence-electron chi connectivity index (χ3n) is 5.50. The molecule has 0 aromatic carbocycles. The van der Waals surface area contributed by atoms with Gasteiger partial charge in [-0.05, 0) is 63.2 Å². The molecule has 0 bridgehead atoms. The van der Waals surface area contributed by atoms with Crippen LogP contribution in [0.5, 0.6) is 0 Å². The maximum Gasteiger partial charge on any atom is 0.255 e. The number of piperidine rings is 2. The van der Waals surface area contributed by atoms with E-state index in [1.165, 1.54) is 12.8 Å². The van der Waals surface area contributed by atoms with Gasteiger partial charge in [0.15, 0.2) is 0 Å². The molecule has 1 amide bonds. The number of hydrogen-bond donors (Lipinski definition) is 1. The Kier molecular flexibility index (Phi) is 9.69. The van der Waals surface area contributed by atoms with Gasteiger partial charge >= 0.3 is 0 Å². The van der Waals surface area contributed by atoms with Crippen LogP contribution in [0.3, 0.4) is 0 Å². The average molecular weight is 403 g/mol. The summed E-state index contributed by atoms with van der Waals surface area (Å²) < 4.78 is 0. The Labute approximate surface area is 169 Å². The van der Waals surface area contributed by atoms with Gasteiger partial charge in [-0.15, -0.1) is 24.8 Å². The van der Waals surface area contributed by atoms with Gasteiger partial charge in [0.05, 0.1) is 5.56 Å². The predicted molar refractivity (Wildman–Crippen MR) is 112 cm³/mol. The number of nitrogens with one attached hydrogen (secondary N) is 1. The van der Waals surface area contributed by atoms with Crippen molar-refractivity contribution >= 4 is 36.5 Å². The number of likely N-dealkylation sites (tertiary alicyclic amines) is 1. The minimum atomic E-state index is 0. The van der Waals surface area contributed by atoms with Gasteiger partial charge < -0.3 is 15.1 Å². The van der Waals surface area contributed by atoms with E-state index in [0.29, 0.717) is 5.92 Å². The van der Waals surface area contributed by atoms with Gasteiger partial charge in [-0.2, -0.15) is 0 Å². The van der Waals surface area contributed by atoms with Gasteiger partial charge in [0.25, 0.3) is 5.91 Å². The molecule has 2 fully saturated rings. The Morgan fingerprint density at radius 2 is 1.77 bits per heavy atom. The molecule has 3 rings (SSSR count). The number of aromatic nitrogens is 1. The summed E-state index contributed by atoms with van der Waals surface area (Å²) in [5, 5.41) is 3.24. The zero-order valence-corrected chi connectivity index (χ0v) is 17.5. The van der Waals surface area contributed by atoms with Gasteiger partial charge in [-0.1, -0.05) is 6.92 Å². The number of nitrogens with zero attached hydrogens (tertiary/aromatic N) is 3. The van der Waals surface area contributed by atoms with Crippen molar-refractivity contribution in [2.24, 2.45) is 11.8 Å². The number of carbonyl (C=O) groups is 1. The molecule has 148 valence electrons. The van der Waals surface area contributed by atoms with E-state index < -0.39 is 0 Å². The molecule has 2 saturated heterocycles. The van der Waals surface area contributed by atoms with Crippen molar-refractivity contribution in [3.05, 3.63) is 23.9 Å². The zero-order valence-electron chi connectivity index (χ0n) is 15.8. The standard InChI is InChI=1S/C19H30N4O.2ClH/c1-15-5-9-22(10-6-15)18-4-3-17(14-21-18)19(24)23-11-7-16(8-12-23)13-20-2;;/h3-4,14-16,20H,5-13H2,1-2H3;2*1H. The minimum Gasteiger partial charge on any atom is -0.357 e. The molecule has 1 N–H and O–H groups in total. The maximum atomic E-state index is 12.7. The highest BCUT2D eigenvalue weighted by Crippen LogP contribution is 2.22. The maximum absolute atomic E-state index is 12.7. The molecular weight excluding hydrogens is 371 g/mol. The van der Waals surface area contributed by atoms with E-state index in [1.807, 2.05) is 24.1 Å². The first kappa shape index (κ1) is 23.0. The molecule has 26 heavy (non-hydrogen) atoms. The number of carbonyl (C=O) groups excluding carboxylic acids is 1. The summed E-state index contributed by atoms with van der Waals surface area (Å²) >= 11 is 0. The molecular formula is C19H32Cl2N4O. The minimum absolute atomic E-state index is 0. The Hall–Kier alpha value is -1.04. The summed E-state index contributed by atoms with van der Waals surface area (Å²) in [6.45, 7) is 7.22. The fourth-order valence-corrected chi connectivity index (χ4v) is 3.75. The first-order valence-corrected chi connectivity index (χ1v) is 9.32. The first-order chi connectivity index (χ1) is 11.7. The summed E-state index contributed by atoms with van der Waals surface area (Å²) in [7, 11) is 1.99. The van der Waals surface area contributed by atoms with E-state index >= 15 is 0 Å². The van der Waals surface area contributed by atoms with E-state index in [-0.39, 0.29) is 30.7 Å². The van der Waals surface area contributed by atoms with E-state index in [1.54, 1.807) is 6.20 Å². The highest BCUT2D eigenvalue weighted by Gasteiger charge is 2.24. The van der Waals surface area contributed by atoms with Crippen LogP contribution in [0, 0.1) is 11.8 Å². The first-order valence-electron chi connectivity index (χ1n) is 9.32. The van der Waals surface area contributed by atoms with Crippen molar-refractivity contribution in [2.75, 3.05) is 44.7 Å². The molecule has 0 aliphatic carbocycles. The van der Waals surface area contributed by atoms with E-state index in [2.05, 4.69) is 22.1 Å². The Morgan fingerprint density at radius 3 is 2.31 bits per heavy atom. The second-order valence-corrected chi connectivity index (χ2v) is 7.37. The topological polar surface area (TPSA) is 48.5 Å². The van der Waals surface area contributed by atoms with Crippen molar-refractivity contribution in [2.45, 2.75) is 32.6 Å². The molecule has 5 nitrogen and oxygen atoms in total. The third-order valence-corrected chi connectivity index (χ3v) is 5.50. The fourth-order valence-electron chi connectivity index (χ4n) is 3.75. The van der Waals surface area contributed by atoms with Crippen LogP contribution in [0.2, 0.25) is 0 Å². The molecule has 1 aromatic heterocycles. The third kappa shape index (κ3) is 5.73. The summed E-state index contributed by atoms with van der Waals surface area (Å²) in [4.78, 5) is 21.5. The van der Waals surface area contributed by atoms with E-state index in [9.17, 15) is 4.79 Å². The van der Waals surface area contributed by atoms with Crippen LogP contribution in [0.25, 0.3) is 0 Å². The smallest absolute Gasteiger partial charge is 0.255 e. The molecule has 3 heterocycles. The van der Waals surface area contributed by atoms with Crippen LogP contribution in [0.4, 0.5) is 5.82 Å². The lowest BCUT2D eigenvalue weighted by molar-refractivity contribution is 0.0690. The molecule has 7 heteroatoms. The zero-order chi connectivity index (χ0) is 16.9. The summed E-state index contributed by atoms with van der Waals surface area (Å²) in [5.74, 6) is 2.64. The number of halogens is 2. The van der Waals surface area contributed by atoms with E-state index in [4.69, 9.17) is 0 Å². The number of pyridine rings is 1. The highest BCUT2D eigenvalue weighted by molar-refractivity contribution is 5.94. The summed E-state index contributed by atoms with van der Waals surface area (Å²) in [5.41, 5.74) is 0.719. The second kappa shape index (κ2) is 11.0. The van der Waals surface area contributed by atoms with Crippen LogP contribution >= 0.6 is 24.8 Å². The van der Waals surface area contributed by atoms with E-state index in [0.717, 1.165) is 62.9 Å². The van der Waals surface area contributed by atoms with Gasteiger partial charge in [0, 0.05) is 32.4 Å². The van der Waals surface area contributed by atoms with Crippen LogP contribution in [0.1, 0.15) is 43.0 Å². The van der Waals surface area contributed by atoms with Crippen molar-refractivity contribution in [1.82, 2.24) is 15.2 Å². The number of anilines is 1. The molecule has 0 saturated carbocycles. The number of hydrogen-bond acceptors (Lipinski definition) is 4. The Bertz CT molecular complexity index is 539. The number of amides is 1. The molecule has 1 aromatic rings. The molecule has 2 aliphatic rings. The van der Waals surface area contributed by atoms with Gasteiger partial charge in [-0.3, -0.25) is 4.79 Å². The van der Waals surface area contributed by atoms with Crippen LogP contribution < -0.4 is 10.2 Å². The quantitative estimate of drug-likeness (QED) is 0.839. The Morgan fingerprint density at radius 1 is 1.12 bits per heavy atom. The van der Waals surface area contributed by atoms with Crippen molar-refractivity contribution in [3.8, 4) is 0 Å². The van der Waals surface area contributed by atoms with Crippen LogP contribution in [0.15, 0.2) is 18.3 Å². The van der Waals surface area contributed by atoms with Crippen molar-refractivity contribution < 1.29 is 4.79 Å². The molecule has 0 unspecified atom stereocenters. The monoisotopic (exact) mass is 402 g/mol. The lowest BCUT2D eigenvalue weighted by Crippen LogP contribution is -2.40. The van der Waals surface area contributed by atoms with Crippen molar-refractivity contribution in [1.29, 1.82) is 0 Å². The van der Waals surface area contributed by atoms with Gasteiger partial charge in [0.1, 0.15) is 5.82 Å². The summed E-state index contributed by atoms with van der Waals surface area (Å²) in [6, 6.07) is 3.96. The molecule has 0 radical (unpaired) electrons. The lowest BCUT2D eigenvalue weighted by Gasteiger charge is -2.32. The highest BCUT2D eigenvalue weighted by atomic mass is 35.5. The fraction of sp³-hybridized carbons (Fsp3) is 0.684. The van der Waals surface area contributed by atoms with Crippen molar-refractivity contribution in [3.63, 3.8) is 0 Å². The molecule has 2 aliphatic heterocycles. The largest absolute Gasteiger partial charge is 0.357 e. The van der Waals surface area contributed by atoms with Gasteiger partial charge in [-0.25, -0.2) is 4.98 Å². The second-order valence-electron chi connectivity index (χ2n) is 7.37. The summed E-state index contributed by atoms with van der Waals surface area (Å²) in [6.07, 6.45) is 6.39. The van der Waals surface area contributed by atoms with Gasteiger partial charge in [0.2, 0.25) is 0 Å². The predicted octanol–water partition coefficient (Wildman–Crippen LogP) is 3.23. The van der Waals surface area contributed by atoms with Crippen LogP contribution in [-0.4, -0.2) is 55.6 Å².